The van der Waals surface area contributed by atoms with E-state index in [1.54, 1.807) is 7.05 Å². The molecule has 2 aliphatic rings. The van der Waals surface area contributed by atoms with E-state index in [1.165, 1.54) is 0 Å². The summed E-state index contributed by atoms with van der Waals surface area (Å²) in [6.45, 7) is 6.09. The molecule has 2 fully saturated rings. The van der Waals surface area contributed by atoms with Crippen LogP contribution in [-0.2, 0) is 4.79 Å². The fourth-order valence-corrected chi connectivity index (χ4v) is 4.16. The monoisotopic (exact) mass is 388 g/mol. The van der Waals surface area contributed by atoms with E-state index in [2.05, 4.69) is 15.5 Å². The van der Waals surface area contributed by atoms with E-state index >= 15 is 0 Å². The Morgan fingerprint density at radius 3 is 2.43 bits per heavy atom. The lowest BCUT2D eigenvalue weighted by Gasteiger charge is -2.38. The first-order valence-corrected chi connectivity index (χ1v) is 10.2. The van der Waals surface area contributed by atoms with Crippen LogP contribution in [0.25, 0.3) is 0 Å². The number of rotatable bonds is 5. The molecular formula is C21H32N4O3. The molecule has 1 aromatic rings. The SMILES string of the molecule is CNC(=O)[C@@H]1C[C@H](Oc2ccccc2)CN1C1CCN(C(=O)NC(C)C)CC1. The summed E-state index contributed by atoms with van der Waals surface area (Å²) < 4.78 is 6.13. The third kappa shape index (κ3) is 4.95. The number of likely N-dealkylation sites (N-methyl/N-ethyl adjacent to an activating group) is 1. The lowest BCUT2D eigenvalue weighted by Crippen LogP contribution is -2.53. The van der Waals surface area contributed by atoms with Crippen molar-refractivity contribution >= 4 is 11.9 Å². The number of nitrogens with zero attached hydrogens (tertiary/aromatic N) is 2. The van der Waals surface area contributed by atoms with Gasteiger partial charge in [-0.15, -0.1) is 0 Å². The largest absolute Gasteiger partial charge is 0.489 e. The average molecular weight is 389 g/mol. The van der Waals surface area contributed by atoms with Gasteiger partial charge in [0.25, 0.3) is 0 Å². The number of amides is 3. The zero-order chi connectivity index (χ0) is 20.1. The van der Waals surface area contributed by atoms with E-state index in [-0.39, 0.29) is 36.2 Å². The minimum atomic E-state index is -0.181. The Bertz CT molecular complexity index is 659. The predicted molar refractivity (Wildman–Crippen MR) is 108 cm³/mol. The zero-order valence-corrected chi connectivity index (χ0v) is 17.1. The summed E-state index contributed by atoms with van der Waals surface area (Å²) in [5.41, 5.74) is 0. The number of urea groups is 1. The Morgan fingerprint density at radius 2 is 1.82 bits per heavy atom. The number of hydrogen-bond acceptors (Lipinski definition) is 4. The van der Waals surface area contributed by atoms with Crippen molar-refractivity contribution in [3.05, 3.63) is 30.3 Å². The number of hydrogen-bond donors (Lipinski definition) is 2. The molecule has 2 N–H and O–H groups in total. The van der Waals surface area contributed by atoms with Crippen LogP contribution in [0, 0.1) is 0 Å². The summed E-state index contributed by atoms with van der Waals surface area (Å²) in [4.78, 5) is 28.9. The first-order valence-electron chi connectivity index (χ1n) is 10.2. The highest BCUT2D eigenvalue weighted by Crippen LogP contribution is 2.29. The molecule has 2 saturated heterocycles. The quantitative estimate of drug-likeness (QED) is 0.807. The molecule has 28 heavy (non-hydrogen) atoms. The minimum Gasteiger partial charge on any atom is -0.489 e. The van der Waals surface area contributed by atoms with Crippen molar-refractivity contribution in [1.82, 2.24) is 20.4 Å². The fourth-order valence-electron chi connectivity index (χ4n) is 4.16. The van der Waals surface area contributed by atoms with E-state index in [1.807, 2.05) is 49.1 Å². The van der Waals surface area contributed by atoms with Crippen molar-refractivity contribution in [3.8, 4) is 5.75 Å². The van der Waals surface area contributed by atoms with Crippen LogP contribution in [0.15, 0.2) is 30.3 Å². The van der Waals surface area contributed by atoms with Crippen molar-refractivity contribution in [3.63, 3.8) is 0 Å². The van der Waals surface area contributed by atoms with Gasteiger partial charge in [0.2, 0.25) is 5.91 Å². The number of nitrogens with one attached hydrogen (secondary N) is 2. The minimum absolute atomic E-state index is 0.00279. The second-order valence-corrected chi connectivity index (χ2v) is 7.94. The Labute approximate surface area is 167 Å². The van der Waals surface area contributed by atoms with Gasteiger partial charge in [0.15, 0.2) is 0 Å². The highest BCUT2D eigenvalue weighted by atomic mass is 16.5. The number of likely N-dealkylation sites (tertiary alicyclic amines) is 2. The van der Waals surface area contributed by atoms with Gasteiger partial charge in [-0.1, -0.05) is 18.2 Å². The van der Waals surface area contributed by atoms with Crippen molar-refractivity contribution < 1.29 is 14.3 Å². The van der Waals surface area contributed by atoms with Gasteiger partial charge in [0, 0.05) is 45.2 Å². The van der Waals surface area contributed by atoms with Crippen molar-refractivity contribution in [1.29, 1.82) is 0 Å². The summed E-state index contributed by atoms with van der Waals surface area (Å²) in [5, 5.41) is 5.75. The number of piperidine rings is 1. The maximum absolute atomic E-state index is 12.5. The summed E-state index contributed by atoms with van der Waals surface area (Å²) in [6, 6.07) is 10.0. The topological polar surface area (TPSA) is 73.9 Å². The van der Waals surface area contributed by atoms with Crippen LogP contribution in [0.5, 0.6) is 5.75 Å². The van der Waals surface area contributed by atoms with Gasteiger partial charge < -0.3 is 20.3 Å². The predicted octanol–water partition coefficient (Wildman–Crippen LogP) is 1.84. The van der Waals surface area contributed by atoms with E-state index in [9.17, 15) is 9.59 Å². The van der Waals surface area contributed by atoms with Gasteiger partial charge in [-0.05, 0) is 38.8 Å². The van der Waals surface area contributed by atoms with Gasteiger partial charge in [-0.3, -0.25) is 9.69 Å². The van der Waals surface area contributed by atoms with E-state index < -0.39 is 0 Å². The molecule has 3 rings (SSSR count). The molecule has 7 nitrogen and oxygen atoms in total. The average Bonchev–Trinajstić information content (AvgIpc) is 3.11. The normalized spacial score (nSPS) is 23.6. The molecule has 0 aromatic heterocycles. The first-order chi connectivity index (χ1) is 13.5. The number of carbonyl (C=O) groups excluding carboxylic acids is 2. The highest BCUT2D eigenvalue weighted by molar-refractivity contribution is 5.82. The van der Waals surface area contributed by atoms with E-state index in [0.717, 1.165) is 25.1 Å². The highest BCUT2D eigenvalue weighted by Gasteiger charge is 2.42. The third-order valence-electron chi connectivity index (χ3n) is 5.53. The van der Waals surface area contributed by atoms with Crippen LogP contribution in [0.1, 0.15) is 33.1 Å². The molecule has 7 heteroatoms. The van der Waals surface area contributed by atoms with Crippen LogP contribution in [0.4, 0.5) is 4.79 Å². The molecule has 3 amide bonds. The second kappa shape index (κ2) is 9.28. The molecule has 2 atom stereocenters. The van der Waals surface area contributed by atoms with Crippen molar-refractivity contribution in [2.75, 3.05) is 26.7 Å². The molecule has 0 spiro atoms. The van der Waals surface area contributed by atoms with Gasteiger partial charge in [0.1, 0.15) is 11.9 Å². The molecule has 1 aromatic carbocycles. The van der Waals surface area contributed by atoms with Gasteiger partial charge in [0.05, 0.1) is 6.04 Å². The molecular weight excluding hydrogens is 356 g/mol. The first kappa shape index (κ1) is 20.5. The standard InChI is InChI=1S/C21H32N4O3/c1-15(2)23-21(27)24-11-9-16(10-12-24)25-14-18(13-19(25)20(26)22-3)28-17-7-5-4-6-8-17/h4-8,15-16,18-19H,9-14H2,1-3H3,(H,22,26)(H,23,27)/t18-,19-/m0/s1. The summed E-state index contributed by atoms with van der Waals surface area (Å²) >= 11 is 0. The maximum atomic E-state index is 12.5. The molecule has 154 valence electrons. The molecule has 2 heterocycles. The van der Waals surface area contributed by atoms with Crippen LogP contribution in [-0.4, -0.2) is 72.6 Å². The molecule has 0 unspecified atom stereocenters. The second-order valence-electron chi connectivity index (χ2n) is 7.94. The van der Waals surface area contributed by atoms with Crippen LogP contribution >= 0.6 is 0 Å². The summed E-state index contributed by atoms with van der Waals surface area (Å²) in [7, 11) is 1.69. The van der Waals surface area contributed by atoms with Gasteiger partial charge >= 0.3 is 6.03 Å². The maximum Gasteiger partial charge on any atom is 0.317 e. The lowest BCUT2D eigenvalue weighted by molar-refractivity contribution is -0.126. The lowest BCUT2D eigenvalue weighted by atomic mass is 10.0. The van der Waals surface area contributed by atoms with Crippen LogP contribution in [0.2, 0.25) is 0 Å². The van der Waals surface area contributed by atoms with E-state index in [4.69, 9.17) is 4.74 Å². The number of benzene rings is 1. The Morgan fingerprint density at radius 1 is 1.14 bits per heavy atom. The summed E-state index contributed by atoms with van der Waals surface area (Å²) in [6.07, 6.45) is 2.42. The number of carbonyl (C=O) groups is 2. The molecule has 2 aliphatic heterocycles. The molecule has 0 bridgehead atoms. The smallest absolute Gasteiger partial charge is 0.317 e. The number of para-hydroxylation sites is 1. The third-order valence-corrected chi connectivity index (χ3v) is 5.53. The molecule has 0 radical (unpaired) electrons. The van der Waals surface area contributed by atoms with Crippen molar-refractivity contribution in [2.24, 2.45) is 0 Å². The number of ether oxygens (including phenoxy) is 1. The molecule has 0 aliphatic carbocycles. The van der Waals surface area contributed by atoms with Crippen molar-refractivity contribution in [2.45, 2.75) is 57.3 Å². The summed E-state index contributed by atoms with van der Waals surface area (Å²) in [5.74, 6) is 0.879. The van der Waals surface area contributed by atoms with Gasteiger partial charge in [-0.25, -0.2) is 4.79 Å². The Hall–Kier alpha value is -2.28. The van der Waals surface area contributed by atoms with E-state index in [0.29, 0.717) is 19.5 Å². The van der Waals surface area contributed by atoms with Crippen LogP contribution < -0.4 is 15.4 Å². The van der Waals surface area contributed by atoms with Gasteiger partial charge in [-0.2, -0.15) is 0 Å². The zero-order valence-electron chi connectivity index (χ0n) is 17.1. The Kier molecular flexibility index (Phi) is 6.78. The molecule has 0 saturated carbocycles. The fraction of sp³-hybridized carbons (Fsp3) is 0.619. The van der Waals surface area contributed by atoms with Crippen LogP contribution in [0.3, 0.4) is 0 Å². The Balaban J connectivity index is 1.61.